The van der Waals surface area contributed by atoms with E-state index in [0.717, 1.165) is 5.56 Å². The van der Waals surface area contributed by atoms with Crippen LogP contribution in [0.4, 0.5) is 16.2 Å². The van der Waals surface area contributed by atoms with Gasteiger partial charge < -0.3 is 9.47 Å². The lowest BCUT2D eigenvalue weighted by Crippen LogP contribution is -2.29. The number of amides is 1. The molecule has 5 heteroatoms. The highest BCUT2D eigenvalue weighted by atomic mass is 16.6. The smallest absolute Gasteiger partial charge is 0.424 e. The van der Waals surface area contributed by atoms with Crippen LogP contribution in [0, 0.1) is 0 Å². The molecule has 1 aliphatic rings. The van der Waals surface area contributed by atoms with Crippen molar-refractivity contribution in [3.63, 3.8) is 0 Å². The maximum absolute atomic E-state index is 13.3. The van der Waals surface area contributed by atoms with Crippen molar-refractivity contribution >= 4 is 29.3 Å². The van der Waals surface area contributed by atoms with Gasteiger partial charge in [0.25, 0.3) is 0 Å². The Morgan fingerprint density at radius 2 is 1.41 bits per heavy atom. The van der Waals surface area contributed by atoms with E-state index in [4.69, 9.17) is 9.47 Å². The summed E-state index contributed by atoms with van der Waals surface area (Å²) < 4.78 is 11.6. The molecule has 0 fully saturated rings. The average Bonchev–Trinajstić information content (AvgIpc) is 3.19. The zero-order valence-corrected chi connectivity index (χ0v) is 21.0. The normalized spacial score (nSPS) is 13.7. The number of hydrogen-bond donors (Lipinski definition) is 0. The van der Waals surface area contributed by atoms with Crippen molar-refractivity contribution in [3.8, 4) is 11.5 Å². The Morgan fingerprint density at radius 3 is 1.97 bits per heavy atom. The van der Waals surface area contributed by atoms with Gasteiger partial charge >= 0.3 is 6.09 Å². The number of Topliss-reactive ketones (excluding diaryl/α,β-unsaturated/α-hetero) is 1. The van der Waals surface area contributed by atoms with E-state index in [-0.39, 0.29) is 22.7 Å². The summed E-state index contributed by atoms with van der Waals surface area (Å²) in [4.78, 5) is 27.7. The van der Waals surface area contributed by atoms with Gasteiger partial charge in [-0.15, -0.1) is 0 Å². The molecule has 0 saturated carbocycles. The Labute approximate surface area is 216 Å². The summed E-state index contributed by atoms with van der Waals surface area (Å²) in [5, 5.41) is 0. The highest BCUT2D eigenvalue weighted by Gasteiger charge is 2.29. The van der Waals surface area contributed by atoms with Crippen molar-refractivity contribution < 1.29 is 19.1 Å². The molecule has 5 nitrogen and oxygen atoms in total. The lowest BCUT2D eigenvalue weighted by Gasteiger charge is -2.22. The van der Waals surface area contributed by atoms with Crippen molar-refractivity contribution in [3.05, 3.63) is 126 Å². The molecule has 5 rings (SSSR count). The van der Waals surface area contributed by atoms with Gasteiger partial charge in [-0.25, -0.2) is 9.69 Å². The second-order valence-electron chi connectivity index (χ2n) is 9.84. The molecule has 0 aliphatic carbocycles. The first kappa shape index (κ1) is 24.1. The first-order chi connectivity index (χ1) is 17.8. The number of allylic oxidation sites excluding steroid dienone is 1. The van der Waals surface area contributed by atoms with E-state index in [1.807, 2.05) is 72.8 Å². The third-order valence-corrected chi connectivity index (χ3v) is 6.13. The highest BCUT2D eigenvalue weighted by molar-refractivity contribution is 6.14. The van der Waals surface area contributed by atoms with Gasteiger partial charge in [-0.05, 0) is 59.0 Å². The summed E-state index contributed by atoms with van der Waals surface area (Å²) in [6.07, 6.45) is 1.16. The molecule has 0 aromatic heterocycles. The molecule has 1 aliphatic heterocycles. The van der Waals surface area contributed by atoms with E-state index in [2.05, 4.69) is 32.9 Å². The number of benzene rings is 4. The van der Waals surface area contributed by atoms with Crippen molar-refractivity contribution in [2.24, 2.45) is 0 Å². The molecule has 0 saturated heterocycles. The largest absolute Gasteiger partial charge is 0.452 e. The summed E-state index contributed by atoms with van der Waals surface area (Å²) in [7, 11) is 0. The number of anilines is 2. The van der Waals surface area contributed by atoms with Gasteiger partial charge in [0.05, 0.1) is 16.9 Å². The summed E-state index contributed by atoms with van der Waals surface area (Å²) in [6.45, 7) is 6.47. The summed E-state index contributed by atoms with van der Waals surface area (Å²) in [5.41, 5.74) is 3.91. The van der Waals surface area contributed by atoms with Gasteiger partial charge in [0.1, 0.15) is 11.5 Å². The van der Waals surface area contributed by atoms with Crippen LogP contribution in [0.25, 0.3) is 6.08 Å². The maximum atomic E-state index is 13.3. The van der Waals surface area contributed by atoms with Crippen molar-refractivity contribution in [1.29, 1.82) is 0 Å². The molecule has 0 unspecified atom stereocenters. The zero-order valence-electron chi connectivity index (χ0n) is 21.0. The third kappa shape index (κ3) is 5.16. The molecule has 37 heavy (non-hydrogen) atoms. The monoisotopic (exact) mass is 489 g/mol. The summed E-state index contributed by atoms with van der Waals surface area (Å²) in [5.74, 6) is 0.670. The predicted molar refractivity (Wildman–Crippen MR) is 146 cm³/mol. The average molecular weight is 490 g/mol. The fraction of sp³-hybridized carbons (Fsp3) is 0.125. The number of para-hydroxylation sites is 2. The Kier molecular flexibility index (Phi) is 6.36. The molecule has 4 aromatic rings. The molecular weight excluding hydrogens is 462 g/mol. The molecule has 1 heterocycles. The molecule has 184 valence electrons. The topological polar surface area (TPSA) is 55.8 Å². The summed E-state index contributed by atoms with van der Waals surface area (Å²) in [6, 6.07) is 31.4. The Hall–Kier alpha value is -4.64. The van der Waals surface area contributed by atoms with Crippen molar-refractivity contribution in [2.45, 2.75) is 26.2 Å². The van der Waals surface area contributed by atoms with Gasteiger partial charge in [0.2, 0.25) is 5.78 Å². The van der Waals surface area contributed by atoms with E-state index >= 15 is 0 Å². The lowest BCUT2D eigenvalue weighted by atomic mass is 9.86. The molecular formula is C32H27NO4. The number of carbonyl (C=O) groups is 2. The molecule has 1 amide bonds. The van der Waals surface area contributed by atoms with Crippen LogP contribution in [0.1, 0.15) is 42.3 Å². The van der Waals surface area contributed by atoms with Crippen LogP contribution in [-0.2, 0) is 5.41 Å². The quantitative estimate of drug-likeness (QED) is 0.273. The number of ketones is 1. The van der Waals surface area contributed by atoms with Gasteiger partial charge in [-0.2, -0.15) is 0 Å². The second kappa shape index (κ2) is 9.78. The van der Waals surface area contributed by atoms with E-state index < -0.39 is 6.09 Å². The minimum atomic E-state index is -0.573. The highest BCUT2D eigenvalue weighted by Crippen LogP contribution is 2.36. The van der Waals surface area contributed by atoms with Crippen LogP contribution >= 0.6 is 0 Å². The number of ether oxygens (including phenoxy) is 2. The molecule has 0 bridgehead atoms. The molecule has 0 atom stereocenters. The van der Waals surface area contributed by atoms with Crippen molar-refractivity contribution in [2.75, 3.05) is 4.90 Å². The van der Waals surface area contributed by atoms with Crippen LogP contribution in [0.5, 0.6) is 11.5 Å². The maximum Gasteiger partial charge on any atom is 0.424 e. The van der Waals surface area contributed by atoms with Gasteiger partial charge in [-0.3, -0.25) is 4.79 Å². The Morgan fingerprint density at radius 1 is 0.811 bits per heavy atom. The van der Waals surface area contributed by atoms with Crippen LogP contribution in [0.15, 0.2) is 109 Å². The molecule has 0 N–H and O–H groups in total. The van der Waals surface area contributed by atoms with Gasteiger partial charge in [0, 0.05) is 6.07 Å². The lowest BCUT2D eigenvalue weighted by molar-refractivity contribution is 0.101. The van der Waals surface area contributed by atoms with Crippen LogP contribution in [0.2, 0.25) is 0 Å². The van der Waals surface area contributed by atoms with Crippen LogP contribution < -0.4 is 14.4 Å². The van der Waals surface area contributed by atoms with E-state index in [9.17, 15) is 9.59 Å². The number of carbonyl (C=O) groups excluding carboxylic acids is 2. The minimum Gasteiger partial charge on any atom is -0.452 e. The van der Waals surface area contributed by atoms with E-state index in [0.29, 0.717) is 22.7 Å². The van der Waals surface area contributed by atoms with Crippen LogP contribution in [-0.4, -0.2) is 11.9 Å². The van der Waals surface area contributed by atoms with E-state index in [1.165, 1.54) is 10.5 Å². The standard InChI is InChI=1S/C32H27NO4/c1-32(2,3)23-16-14-22(15-17-23)20-29-30(34)27-19-18-26(21-28(27)37-29)36-31(35)33(24-10-6-4-7-11-24)25-12-8-5-9-13-25/h4-21H,1-3H3. The molecule has 0 spiro atoms. The fourth-order valence-corrected chi connectivity index (χ4v) is 4.12. The number of rotatable bonds is 4. The van der Waals surface area contributed by atoms with Crippen molar-refractivity contribution in [1.82, 2.24) is 0 Å². The van der Waals surface area contributed by atoms with Crippen LogP contribution in [0.3, 0.4) is 0 Å². The third-order valence-electron chi connectivity index (χ3n) is 6.13. The number of fused-ring (bicyclic) bond motifs is 1. The fourth-order valence-electron chi connectivity index (χ4n) is 4.12. The number of hydrogen-bond acceptors (Lipinski definition) is 4. The Bertz CT molecular complexity index is 1430. The second-order valence-corrected chi connectivity index (χ2v) is 9.84. The zero-order chi connectivity index (χ0) is 26.0. The first-order valence-corrected chi connectivity index (χ1v) is 12.1. The molecule has 0 radical (unpaired) electrons. The van der Waals surface area contributed by atoms with Gasteiger partial charge in [0.15, 0.2) is 5.76 Å². The summed E-state index contributed by atoms with van der Waals surface area (Å²) >= 11 is 0. The number of nitrogens with zero attached hydrogens (tertiary/aromatic N) is 1. The van der Waals surface area contributed by atoms with E-state index in [1.54, 1.807) is 24.3 Å². The first-order valence-electron chi connectivity index (χ1n) is 12.1. The SMILES string of the molecule is CC(C)(C)c1ccc(C=C2Oc3cc(OC(=O)N(c4ccccc4)c4ccccc4)ccc3C2=O)cc1. The Balaban J connectivity index is 1.37. The predicted octanol–water partition coefficient (Wildman–Crippen LogP) is 7.94. The molecule has 4 aromatic carbocycles. The minimum absolute atomic E-state index is 0.0476. The van der Waals surface area contributed by atoms with Gasteiger partial charge in [-0.1, -0.05) is 81.4 Å².